The summed E-state index contributed by atoms with van der Waals surface area (Å²) in [5, 5.41) is 14.6. The lowest BCUT2D eigenvalue weighted by Gasteiger charge is -2.04. The van der Waals surface area contributed by atoms with Crippen LogP contribution in [0.2, 0.25) is 0 Å². The summed E-state index contributed by atoms with van der Waals surface area (Å²) in [4.78, 5) is 23.3. The third kappa shape index (κ3) is 2.85. The van der Waals surface area contributed by atoms with Crippen molar-refractivity contribution >= 4 is 18.6 Å². The largest absolute Gasteiger partial charge is 0.545 e. The van der Waals surface area contributed by atoms with E-state index in [2.05, 4.69) is 11.7 Å². The van der Waals surface area contributed by atoms with Crippen LogP contribution in [0, 0.1) is 0 Å². The average Bonchev–Trinajstić information content (AvgIpc) is 2.84. The van der Waals surface area contributed by atoms with E-state index in [0.29, 0.717) is 16.3 Å². The highest BCUT2D eigenvalue weighted by Gasteiger charge is 2.05. The van der Waals surface area contributed by atoms with Crippen molar-refractivity contribution in [2.24, 2.45) is 0 Å². The third-order valence-corrected chi connectivity index (χ3v) is 3.48. The van der Waals surface area contributed by atoms with Crippen LogP contribution in [0.3, 0.4) is 0 Å². The molecule has 0 atom stereocenters. The maximum Gasteiger partial charge on any atom is 0.279 e. The molecule has 0 fully saturated rings. The Morgan fingerprint density at radius 2 is 1.74 bits per heavy atom. The molecule has 1 N–H and O–H groups in total. The first-order chi connectivity index (χ1) is 11.1. The van der Waals surface area contributed by atoms with E-state index in [1.165, 1.54) is 28.9 Å². The van der Waals surface area contributed by atoms with Crippen LogP contribution in [0.4, 0.5) is 0 Å². The molecule has 1 aromatic heterocycles. The summed E-state index contributed by atoms with van der Waals surface area (Å²) in [6.45, 7) is 3.86. The van der Waals surface area contributed by atoms with Crippen LogP contribution in [0.5, 0.6) is 0 Å². The van der Waals surface area contributed by atoms with E-state index < -0.39 is 5.97 Å². The van der Waals surface area contributed by atoms with Gasteiger partial charge in [0.05, 0.1) is 22.2 Å². The molecule has 0 bridgehead atoms. The number of carboxylic acids is 1. The van der Waals surface area contributed by atoms with E-state index in [0.717, 1.165) is 5.56 Å². The SMILES string of the molecule is C=c1[nH]n(-c2ccc(C(=O)[O-])cc2)c(=O)/c1=C\c1ccccc1. The van der Waals surface area contributed by atoms with Crippen molar-refractivity contribution in [1.82, 2.24) is 9.78 Å². The second kappa shape index (κ2) is 5.81. The number of carbonyl (C=O) groups is 1. The number of H-pyrrole nitrogens is 1. The standard InChI is InChI=1S/C18H14N2O3/c1-12-16(11-13-5-3-2-4-6-13)17(21)20(19-12)15-9-7-14(8-10-15)18(22)23/h2-11,19H,1H2,(H,22,23)/p-1/b16-11-. The molecule has 5 heteroatoms. The second-order valence-electron chi connectivity index (χ2n) is 5.03. The summed E-state index contributed by atoms with van der Waals surface area (Å²) >= 11 is 0. The van der Waals surface area contributed by atoms with E-state index in [1.807, 2.05) is 30.3 Å². The minimum Gasteiger partial charge on any atom is -0.545 e. The Morgan fingerprint density at radius 3 is 2.35 bits per heavy atom. The number of rotatable bonds is 3. The third-order valence-electron chi connectivity index (χ3n) is 3.48. The van der Waals surface area contributed by atoms with Gasteiger partial charge in [-0.05, 0) is 29.3 Å². The van der Waals surface area contributed by atoms with E-state index in [4.69, 9.17) is 0 Å². The number of carbonyl (C=O) groups excluding carboxylic acids is 1. The van der Waals surface area contributed by atoms with Gasteiger partial charge in [0.2, 0.25) is 0 Å². The van der Waals surface area contributed by atoms with Crippen LogP contribution < -0.4 is 21.2 Å². The Bertz CT molecular complexity index is 1010. The van der Waals surface area contributed by atoms with Crippen molar-refractivity contribution in [3.8, 4) is 5.69 Å². The van der Waals surface area contributed by atoms with Gasteiger partial charge in [-0.15, -0.1) is 0 Å². The molecule has 1 heterocycles. The lowest BCUT2D eigenvalue weighted by Crippen LogP contribution is -2.33. The van der Waals surface area contributed by atoms with Gasteiger partial charge in [0.25, 0.3) is 5.56 Å². The number of nitrogens with one attached hydrogen (secondary N) is 1. The van der Waals surface area contributed by atoms with Crippen molar-refractivity contribution < 1.29 is 9.90 Å². The first-order valence-electron chi connectivity index (χ1n) is 6.95. The number of hydrogen-bond acceptors (Lipinski definition) is 3. The van der Waals surface area contributed by atoms with Gasteiger partial charge in [0.1, 0.15) is 0 Å². The minimum atomic E-state index is -1.26. The molecule has 5 nitrogen and oxygen atoms in total. The minimum absolute atomic E-state index is 0.0549. The van der Waals surface area contributed by atoms with Crippen LogP contribution in [0.25, 0.3) is 18.3 Å². The number of aromatic nitrogens is 2. The maximum absolute atomic E-state index is 12.5. The molecule has 0 spiro atoms. The molecule has 0 aliphatic rings. The van der Waals surface area contributed by atoms with Crippen molar-refractivity contribution in [3.05, 3.63) is 86.6 Å². The van der Waals surface area contributed by atoms with Crippen molar-refractivity contribution in [2.75, 3.05) is 0 Å². The van der Waals surface area contributed by atoms with Gasteiger partial charge in [-0.2, -0.15) is 0 Å². The van der Waals surface area contributed by atoms with Gasteiger partial charge in [-0.1, -0.05) is 49.0 Å². The summed E-state index contributed by atoms with van der Waals surface area (Å²) in [6, 6.07) is 15.3. The molecule has 0 amide bonds. The first-order valence-corrected chi connectivity index (χ1v) is 6.95. The molecule has 0 saturated heterocycles. The average molecular weight is 305 g/mol. The lowest BCUT2D eigenvalue weighted by molar-refractivity contribution is -0.255. The maximum atomic E-state index is 12.5. The van der Waals surface area contributed by atoms with Crippen LogP contribution in [-0.4, -0.2) is 15.7 Å². The van der Waals surface area contributed by atoms with E-state index >= 15 is 0 Å². The molecule has 0 radical (unpaired) electrons. The first kappa shape index (κ1) is 14.6. The Morgan fingerprint density at radius 1 is 1.09 bits per heavy atom. The zero-order valence-electron chi connectivity index (χ0n) is 12.2. The zero-order chi connectivity index (χ0) is 16.4. The Labute approximate surface area is 131 Å². The Balaban J connectivity index is 2.12. The highest BCUT2D eigenvalue weighted by atomic mass is 16.4. The summed E-state index contributed by atoms with van der Waals surface area (Å²) in [5.74, 6) is -1.26. The van der Waals surface area contributed by atoms with E-state index in [1.54, 1.807) is 6.08 Å². The van der Waals surface area contributed by atoms with Crippen LogP contribution in [0.1, 0.15) is 15.9 Å². The molecule has 3 rings (SSSR count). The van der Waals surface area contributed by atoms with E-state index in [9.17, 15) is 14.7 Å². The zero-order valence-corrected chi connectivity index (χ0v) is 12.2. The topological polar surface area (TPSA) is 77.9 Å². The molecular formula is C18H13N2O3-. The molecule has 0 saturated carbocycles. The van der Waals surface area contributed by atoms with Crippen molar-refractivity contribution in [1.29, 1.82) is 0 Å². The highest BCUT2D eigenvalue weighted by molar-refractivity contribution is 5.85. The quantitative estimate of drug-likeness (QED) is 0.726. The molecule has 0 aliphatic heterocycles. The number of aromatic carboxylic acids is 1. The van der Waals surface area contributed by atoms with Crippen molar-refractivity contribution in [3.63, 3.8) is 0 Å². The number of hydrogen-bond donors (Lipinski definition) is 1. The number of aromatic amines is 1. The van der Waals surface area contributed by atoms with Gasteiger partial charge in [-0.25, -0.2) is 4.68 Å². The van der Waals surface area contributed by atoms with E-state index in [-0.39, 0.29) is 11.1 Å². The van der Waals surface area contributed by atoms with Gasteiger partial charge in [0, 0.05) is 0 Å². The van der Waals surface area contributed by atoms with Gasteiger partial charge < -0.3 is 9.90 Å². The summed E-state index contributed by atoms with van der Waals surface area (Å²) in [7, 11) is 0. The van der Waals surface area contributed by atoms with Crippen LogP contribution >= 0.6 is 0 Å². The molecule has 2 aromatic carbocycles. The van der Waals surface area contributed by atoms with Crippen molar-refractivity contribution in [2.45, 2.75) is 0 Å². The van der Waals surface area contributed by atoms with Gasteiger partial charge in [0.15, 0.2) is 0 Å². The number of benzene rings is 2. The molecular weight excluding hydrogens is 292 g/mol. The molecule has 0 unspecified atom stereocenters. The molecule has 114 valence electrons. The fourth-order valence-electron chi connectivity index (χ4n) is 2.29. The highest BCUT2D eigenvalue weighted by Crippen LogP contribution is 2.05. The monoisotopic (exact) mass is 305 g/mol. The molecule has 3 aromatic rings. The van der Waals surface area contributed by atoms with Crippen LogP contribution in [0.15, 0.2) is 59.4 Å². The Kier molecular flexibility index (Phi) is 3.68. The second-order valence-corrected chi connectivity index (χ2v) is 5.03. The smallest absolute Gasteiger partial charge is 0.279 e. The predicted molar refractivity (Wildman–Crippen MR) is 85.5 cm³/mol. The predicted octanol–water partition coefficient (Wildman–Crippen LogP) is -0.232. The fourth-order valence-corrected chi connectivity index (χ4v) is 2.29. The lowest BCUT2D eigenvalue weighted by atomic mass is 10.2. The summed E-state index contributed by atoms with van der Waals surface area (Å²) in [6.07, 6.45) is 1.76. The summed E-state index contributed by atoms with van der Waals surface area (Å²) in [5.41, 5.74) is 1.23. The molecule has 23 heavy (non-hydrogen) atoms. The van der Waals surface area contributed by atoms with Gasteiger partial charge in [-0.3, -0.25) is 9.89 Å². The van der Waals surface area contributed by atoms with Gasteiger partial charge >= 0.3 is 0 Å². The van der Waals surface area contributed by atoms with Crippen LogP contribution in [-0.2, 0) is 0 Å². The summed E-state index contributed by atoms with van der Waals surface area (Å²) < 4.78 is 1.33. The fraction of sp³-hybridized carbons (Fsp3) is 0. The number of carboxylic acid groups (broad SMARTS) is 1. The number of nitrogens with zero attached hydrogens (tertiary/aromatic N) is 1. The normalized spacial score (nSPS) is 11.6. The molecule has 0 aliphatic carbocycles. The Hall–Kier alpha value is -3.34.